The number of hydrogen-bond donors (Lipinski definition) is 1. The average Bonchev–Trinajstić information content (AvgIpc) is 3.28. The predicted octanol–water partition coefficient (Wildman–Crippen LogP) is 4.64. The Hall–Kier alpha value is -4.20. The molecule has 3 aromatic rings. The molecule has 1 fully saturated rings. The standard InChI is InChI=1S/C27H26N2O6/c1-2-32-20-8-10-21(11-9-20)35-23-6-4-3-5-22(23)28-27(31)18-15-26(30)29(17-18)19-7-12-24-25(16-19)34-14-13-33-24/h3-12,16,18H,2,13-15,17H2,1H3,(H,28,31). The number of nitrogens with zero attached hydrogens (tertiary/aromatic N) is 1. The molecule has 35 heavy (non-hydrogen) atoms. The van der Waals surface area contributed by atoms with Gasteiger partial charge in [-0.25, -0.2) is 0 Å². The molecule has 0 saturated carbocycles. The van der Waals surface area contributed by atoms with E-state index in [1.54, 1.807) is 29.2 Å². The summed E-state index contributed by atoms with van der Waals surface area (Å²) in [6, 6.07) is 19.9. The van der Waals surface area contributed by atoms with Crippen LogP contribution in [0.4, 0.5) is 11.4 Å². The van der Waals surface area contributed by atoms with Gasteiger partial charge < -0.3 is 29.2 Å². The number of carbonyl (C=O) groups excluding carboxylic acids is 2. The second kappa shape index (κ2) is 9.97. The molecular formula is C27H26N2O6. The van der Waals surface area contributed by atoms with Crippen molar-refractivity contribution in [2.45, 2.75) is 13.3 Å². The molecule has 2 amide bonds. The van der Waals surface area contributed by atoms with Gasteiger partial charge in [-0.05, 0) is 55.5 Å². The number of carbonyl (C=O) groups is 2. The molecule has 1 saturated heterocycles. The molecule has 180 valence electrons. The molecule has 1 unspecified atom stereocenters. The minimum absolute atomic E-state index is 0.110. The number of hydrogen-bond acceptors (Lipinski definition) is 6. The van der Waals surface area contributed by atoms with Crippen LogP contribution in [0.25, 0.3) is 0 Å². The first-order valence-corrected chi connectivity index (χ1v) is 11.6. The molecule has 2 aliphatic heterocycles. The van der Waals surface area contributed by atoms with Gasteiger partial charge >= 0.3 is 0 Å². The van der Waals surface area contributed by atoms with Crippen LogP contribution in [0.3, 0.4) is 0 Å². The summed E-state index contributed by atoms with van der Waals surface area (Å²) in [7, 11) is 0. The zero-order chi connectivity index (χ0) is 24.2. The highest BCUT2D eigenvalue weighted by molar-refractivity contribution is 6.04. The zero-order valence-corrected chi connectivity index (χ0v) is 19.4. The first kappa shape index (κ1) is 22.6. The lowest BCUT2D eigenvalue weighted by atomic mass is 10.1. The van der Waals surface area contributed by atoms with Crippen molar-refractivity contribution in [3.63, 3.8) is 0 Å². The van der Waals surface area contributed by atoms with Gasteiger partial charge in [0, 0.05) is 24.7 Å². The van der Waals surface area contributed by atoms with Crippen molar-refractivity contribution in [3.8, 4) is 28.7 Å². The third-order valence-electron chi connectivity index (χ3n) is 5.84. The maximum absolute atomic E-state index is 13.1. The lowest BCUT2D eigenvalue weighted by molar-refractivity contribution is -0.122. The second-order valence-corrected chi connectivity index (χ2v) is 8.23. The van der Waals surface area contributed by atoms with Crippen LogP contribution in [0, 0.1) is 5.92 Å². The van der Waals surface area contributed by atoms with E-state index < -0.39 is 5.92 Å². The molecule has 8 heteroatoms. The highest BCUT2D eigenvalue weighted by atomic mass is 16.6. The van der Waals surface area contributed by atoms with Crippen LogP contribution < -0.4 is 29.2 Å². The quantitative estimate of drug-likeness (QED) is 0.537. The van der Waals surface area contributed by atoms with Gasteiger partial charge in [0.2, 0.25) is 11.8 Å². The summed E-state index contributed by atoms with van der Waals surface area (Å²) in [5.41, 5.74) is 1.23. The van der Waals surface area contributed by atoms with E-state index in [2.05, 4.69) is 5.32 Å². The van der Waals surface area contributed by atoms with Crippen molar-refractivity contribution in [2.24, 2.45) is 5.92 Å². The van der Waals surface area contributed by atoms with Crippen molar-refractivity contribution in [3.05, 3.63) is 66.7 Å². The van der Waals surface area contributed by atoms with E-state index >= 15 is 0 Å². The van der Waals surface area contributed by atoms with Gasteiger partial charge in [-0.15, -0.1) is 0 Å². The van der Waals surface area contributed by atoms with Crippen LogP contribution in [0.1, 0.15) is 13.3 Å². The largest absolute Gasteiger partial charge is 0.494 e. The number of fused-ring (bicyclic) bond motifs is 1. The number of amides is 2. The summed E-state index contributed by atoms with van der Waals surface area (Å²) in [4.78, 5) is 27.4. The highest BCUT2D eigenvalue weighted by Crippen LogP contribution is 2.36. The van der Waals surface area contributed by atoms with E-state index in [9.17, 15) is 9.59 Å². The Kier molecular flexibility index (Phi) is 6.43. The SMILES string of the molecule is CCOc1ccc(Oc2ccccc2NC(=O)C2CC(=O)N(c3ccc4c(c3)OCCO4)C2)cc1. The molecule has 0 radical (unpaired) electrons. The fourth-order valence-corrected chi connectivity index (χ4v) is 4.12. The first-order chi connectivity index (χ1) is 17.1. The Morgan fingerprint density at radius 1 is 1.00 bits per heavy atom. The molecule has 1 atom stereocenters. The molecule has 2 heterocycles. The number of benzene rings is 3. The third kappa shape index (κ3) is 5.01. The Bertz CT molecular complexity index is 1230. The van der Waals surface area contributed by atoms with Crippen molar-refractivity contribution in [1.29, 1.82) is 0 Å². The van der Waals surface area contributed by atoms with Gasteiger partial charge in [-0.2, -0.15) is 0 Å². The smallest absolute Gasteiger partial charge is 0.229 e. The third-order valence-corrected chi connectivity index (χ3v) is 5.84. The summed E-state index contributed by atoms with van der Waals surface area (Å²) in [6.45, 7) is 3.77. The van der Waals surface area contributed by atoms with Crippen LogP contribution in [0.15, 0.2) is 66.7 Å². The average molecular weight is 475 g/mol. The van der Waals surface area contributed by atoms with Crippen molar-refractivity contribution < 1.29 is 28.5 Å². The van der Waals surface area contributed by atoms with Gasteiger partial charge in [0.25, 0.3) is 0 Å². The number of ether oxygens (including phenoxy) is 4. The maximum Gasteiger partial charge on any atom is 0.229 e. The topological polar surface area (TPSA) is 86.3 Å². The second-order valence-electron chi connectivity index (χ2n) is 8.23. The minimum atomic E-state index is -0.491. The Morgan fingerprint density at radius 2 is 1.74 bits per heavy atom. The van der Waals surface area contributed by atoms with Crippen molar-refractivity contribution >= 4 is 23.2 Å². The summed E-state index contributed by atoms with van der Waals surface area (Å²) >= 11 is 0. The predicted molar refractivity (Wildman–Crippen MR) is 131 cm³/mol. The molecule has 0 bridgehead atoms. The van der Waals surface area contributed by atoms with Crippen LogP contribution in [0.2, 0.25) is 0 Å². The van der Waals surface area contributed by atoms with Gasteiger partial charge in [-0.3, -0.25) is 9.59 Å². The fraction of sp³-hybridized carbons (Fsp3) is 0.259. The summed E-state index contributed by atoms with van der Waals surface area (Å²) in [5, 5.41) is 2.93. The Labute approximate surface area is 203 Å². The lowest BCUT2D eigenvalue weighted by Crippen LogP contribution is -2.28. The van der Waals surface area contributed by atoms with E-state index in [-0.39, 0.29) is 24.8 Å². The van der Waals surface area contributed by atoms with E-state index in [4.69, 9.17) is 18.9 Å². The number of rotatable bonds is 7. The van der Waals surface area contributed by atoms with Gasteiger partial charge in [-0.1, -0.05) is 12.1 Å². The van der Waals surface area contributed by atoms with Gasteiger partial charge in [0.1, 0.15) is 24.7 Å². The van der Waals surface area contributed by atoms with Crippen LogP contribution >= 0.6 is 0 Å². The maximum atomic E-state index is 13.1. The Morgan fingerprint density at radius 3 is 2.54 bits per heavy atom. The molecule has 0 spiro atoms. The van der Waals surface area contributed by atoms with Crippen LogP contribution in [-0.4, -0.2) is 38.2 Å². The zero-order valence-electron chi connectivity index (χ0n) is 19.4. The molecule has 0 aliphatic carbocycles. The van der Waals surface area contributed by atoms with Crippen molar-refractivity contribution in [1.82, 2.24) is 0 Å². The summed E-state index contributed by atoms with van der Waals surface area (Å²) in [6.07, 6.45) is 0.127. The number of nitrogens with one attached hydrogen (secondary N) is 1. The number of anilines is 2. The first-order valence-electron chi connectivity index (χ1n) is 11.6. The van der Waals surface area contributed by atoms with Gasteiger partial charge in [0.15, 0.2) is 17.2 Å². The molecule has 3 aromatic carbocycles. The van der Waals surface area contributed by atoms with E-state index in [1.165, 1.54) is 0 Å². The Balaban J connectivity index is 1.26. The fourth-order valence-electron chi connectivity index (χ4n) is 4.12. The molecule has 1 N–H and O–H groups in total. The van der Waals surface area contributed by atoms with Gasteiger partial charge in [0.05, 0.1) is 18.2 Å². The van der Waals surface area contributed by atoms with Crippen LogP contribution in [-0.2, 0) is 9.59 Å². The van der Waals surface area contributed by atoms with Crippen LogP contribution in [0.5, 0.6) is 28.7 Å². The van der Waals surface area contributed by atoms with E-state index in [1.807, 2.05) is 49.4 Å². The minimum Gasteiger partial charge on any atom is -0.494 e. The van der Waals surface area contributed by atoms with E-state index in [0.717, 1.165) is 5.75 Å². The molecule has 0 aromatic heterocycles. The van der Waals surface area contributed by atoms with Crippen molar-refractivity contribution in [2.75, 3.05) is 36.6 Å². The summed E-state index contributed by atoms with van der Waals surface area (Å²) in [5.74, 6) is 2.32. The molecule has 8 nitrogen and oxygen atoms in total. The molecule has 5 rings (SSSR count). The lowest BCUT2D eigenvalue weighted by Gasteiger charge is -2.22. The monoisotopic (exact) mass is 474 g/mol. The van der Waals surface area contributed by atoms with E-state index in [0.29, 0.717) is 54.2 Å². The normalized spacial score (nSPS) is 16.7. The molecular weight excluding hydrogens is 448 g/mol. The molecule has 2 aliphatic rings. The summed E-state index contributed by atoms with van der Waals surface area (Å²) < 4.78 is 22.6. The highest BCUT2D eigenvalue weighted by Gasteiger charge is 2.36. The number of para-hydroxylation sites is 2.